The lowest BCUT2D eigenvalue weighted by Gasteiger charge is -2.38. The summed E-state index contributed by atoms with van der Waals surface area (Å²) in [7, 11) is 0. The summed E-state index contributed by atoms with van der Waals surface area (Å²) in [5, 5.41) is 11.2. The summed E-state index contributed by atoms with van der Waals surface area (Å²) in [5.41, 5.74) is 1.60. The van der Waals surface area contributed by atoms with Crippen LogP contribution in [0.2, 0.25) is 10.0 Å². The minimum atomic E-state index is -0.388. The molecule has 1 fully saturated rings. The Hall–Kier alpha value is -2.12. The van der Waals surface area contributed by atoms with Crippen molar-refractivity contribution in [2.75, 3.05) is 13.1 Å². The molecule has 0 radical (unpaired) electrons. The SMILES string of the molecule is O=C(CCCc1cn[nH]n1)CC1CN(C(=O)OCc2cc(Cl)cc(Cl)c2)C1. The molecule has 2 aromatic rings. The van der Waals surface area contributed by atoms with Crippen LogP contribution in [0.1, 0.15) is 30.5 Å². The van der Waals surface area contributed by atoms with Gasteiger partial charge in [-0.15, -0.1) is 0 Å². The smallest absolute Gasteiger partial charge is 0.410 e. The van der Waals surface area contributed by atoms with Crippen LogP contribution < -0.4 is 0 Å². The highest BCUT2D eigenvalue weighted by Gasteiger charge is 2.32. The van der Waals surface area contributed by atoms with Crippen LogP contribution in [0.15, 0.2) is 24.4 Å². The zero-order valence-electron chi connectivity index (χ0n) is 14.7. The van der Waals surface area contributed by atoms with Gasteiger partial charge in [0.05, 0.1) is 11.9 Å². The summed E-state index contributed by atoms with van der Waals surface area (Å²) in [4.78, 5) is 25.7. The number of aryl methyl sites for hydroxylation is 1. The fraction of sp³-hybridized carbons (Fsp3) is 0.444. The van der Waals surface area contributed by atoms with Gasteiger partial charge in [0.25, 0.3) is 0 Å². The van der Waals surface area contributed by atoms with Crippen molar-refractivity contribution >= 4 is 35.1 Å². The molecule has 3 rings (SSSR count). The number of hydrogen-bond donors (Lipinski definition) is 1. The highest BCUT2D eigenvalue weighted by molar-refractivity contribution is 6.34. The van der Waals surface area contributed by atoms with Crippen LogP contribution in [0.25, 0.3) is 0 Å². The van der Waals surface area contributed by atoms with E-state index >= 15 is 0 Å². The molecule has 1 aromatic heterocycles. The van der Waals surface area contributed by atoms with Gasteiger partial charge in [-0.1, -0.05) is 23.2 Å². The fourth-order valence-electron chi connectivity index (χ4n) is 3.02. The minimum absolute atomic E-state index is 0.112. The number of aromatic nitrogens is 3. The van der Waals surface area contributed by atoms with Gasteiger partial charge >= 0.3 is 6.09 Å². The van der Waals surface area contributed by atoms with Gasteiger partial charge in [-0.2, -0.15) is 15.4 Å². The summed E-state index contributed by atoms with van der Waals surface area (Å²) < 4.78 is 5.27. The molecule has 9 heteroatoms. The zero-order chi connectivity index (χ0) is 19.2. The second kappa shape index (κ2) is 9.19. The largest absolute Gasteiger partial charge is 0.445 e. The number of Topliss-reactive ketones (excluding diaryl/α,β-unsaturated/α-hetero) is 1. The number of ether oxygens (including phenoxy) is 1. The molecular weight excluding hydrogens is 391 g/mol. The number of carbonyl (C=O) groups is 2. The lowest BCUT2D eigenvalue weighted by atomic mass is 9.93. The molecular formula is C18H20Cl2N4O3. The van der Waals surface area contributed by atoms with Crippen LogP contribution in [0.5, 0.6) is 0 Å². The molecule has 1 aromatic carbocycles. The Kier molecular flexibility index (Phi) is 6.68. The van der Waals surface area contributed by atoms with E-state index in [0.717, 1.165) is 24.1 Å². The Morgan fingerprint density at radius 1 is 1.22 bits per heavy atom. The van der Waals surface area contributed by atoms with E-state index in [1.165, 1.54) is 0 Å². The van der Waals surface area contributed by atoms with E-state index in [-0.39, 0.29) is 24.4 Å². The number of aromatic amines is 1. The van der Waals surface area contributed by atoms with Crippen LogP contribution in [0.3, 0.4) is 0 Å². The summed E-state index contributed by atoms with van der Waals surface area (Å²) >= 11 is 11.8. The highest BCUT2D eigenvalue weighted by Crippen LogP contribution is 2.23. The van der Waals surface area contributed by atoms with Gasteiger partial charge in [-0.05, 0) is 36.6 Å². The summed E-state index contributed by atoms with van der Waals surface area (Å²) in [6.45, 7) is 1.20. The van der Waals surface area contributed by atoms with Gasteiger partial charge in [-0.3, -0.25) is 4.79 Å². The van der Waals surface area contributed by atoms with Crippen molar-refractivity contribution < 1.29 is 14.3 Å². The van der Waals surface area contributed by atoms with Crippen molar-refractivity contribution in [3.63, 3.8) is 0 Å². The summed E-state index contributed by atoms with van der Waals surface area (Å²) in [6.07, 6.45) is 3.78. The van der Waals surface area contributed by atoms with Crippen LogP contribution in [0.4, 0.5) is 4.79 Å². The molecule has 1 saturated heterocycles. The van der Waals surface area contributed by atoms with Crippen molar-refractivity contribution in [1.29, 1.82) is 0 Å². The number of nitrogens with one attached hydrogen (secondary N) is 1. The molecule has 27 heavy (non-hydrogen) atoms. The normalized spacial score (nSPS) is 14.1. The lowest BCUT2D eigenvalue weighted by molar-refractivity contribution is -0.121. The predicted molar refractivity (Wildman–Crippen MR) is 101 cm³/mol. The molecule has 1 aliphatic rings. The zero-order valence-corrected chi connectivity index (χ0v) is 16.2. The van der Waals surface area contributed by atoms with Crippen molar-refractivity contribution in [1.82, 2.24) is 20.3 Å². The molecule has 7 nitrogen and oxygen atoms in total. The number of carbonyl (C=O) groups excluding carboxylic acids is 2. The summed E-state index contributed by atoms with van der Waals surface area (Å²) in [5.74, 6) is 0.419. The summed E-state index contributed by atoms with van der Waals surface area (Å²) in [6, 6.07) is 5.03. The van der Waals surface area contributed by atoms with E-state index < -0.39 is 0 Å². The molecule has 1 amide bonds. The Morgan fingerprint density at radius 3 is 2.63 bits per heavy atom. The molecule has 1 aliphatic heterocycles. The van der Waals surface area contributed by atoms with Gasteiger partial charge in [0, 0.05) is 41.9 Å². The van der Waals surface area contributed by atoms with Crippen molar-refractivity contribution in [3.05, 3.63) is 45.7 Å². The Labute approximate surface area is 167 Å². The molecule has 144 valence electrons. The van der Waals surface area contributed by atoms with Crippen LogP contribution in [0, 0.1) is 5.92 Å². The van der Waals surface area contributed by atoms with Gasteiger partial charge < -0.3 is 9.64 Å². The topological polar surface area (TPSA) is 88.2 Å². The van der Waals surface area contributed by atoms with Crippen LogP contribution in [-0.4, -0.2) is 45.3 Å². The maximum atomic E-state index is 12.0. The third-order valence-corrected chi connectivity index (χ3v) is 4.81. The third-order valence-electron chi connectivity index (χ3n) is 4.37. The van der Waals surface area contributed by atoms with Gasteiger partial charge in [0.1, 0.15) is 12.4 Å². The first-order valence-electron chi connectivity index (χ1n) is 8.72. The first kappa shape index (κ1) is 19.6. The van der Waals surface area contributed by atoms with Crippen molar-refractivity contribution in [2.45, 2.75) is 32.3 Å². The van der Waals surface area contributed by atoms with Crippen molar-refractivity contribution in [2.24, 2.45) is 5.92 Å². The number of benzene rings is 1. The Balaban J connectivity index is 1.31. The minimum Gasteiger partial charge on any atom is -0.445 e. The number of halogens is 2. The third kappa shape index (κ3) is 5.94. The van der Waals surface area contributed by atoms with Crippen LogP contribution in [-0.2, 0) is 22.6 Å². The standard InChI is InChI=1S/C18H20Cl2N4O3/c19-14-4-12(5-15(20)7-14)11-27-18(26)24-9-13(10-24)6-17(25)3-1-2-16-8-21-23-22-16/h4-5,7-8,13H,1-3,6,9-11H2,(H,21,22,23). The quantitative estimate of drug-likeness (QED) is 0.716. The fourth-order valence-corrected chi connectivity index (χ4v) is 3.59. The van der Waals surface area contributed by atoms with E-state index in [9.17, 15) is 9.59 Å². The monoisotopic (exact) mass is 410 g/mol. The van der Waals surface area contributed by atoms with E-state index in [1.54, 1.807) is 29.3 Å². The van der Waals surface area contributed by atoms with E-state index in [2.05, 4.69) is 15.4 Å². The average molecular weight is 411 g/mol. The lowest BCUT2D eigenvalue weighted by Crippen LogP contribution is -2.50. The van der Waals surface area contributed by atoms with Crippen molar-refractivity contribution in [3.8, 4) is 0 Å². The number of nitrogens with zero attached hydrogens (tertiary/aromatic N) is 3. The maximum Gasteiger partial charge on any atom is 0.410 e. The Morgan fingerprint density at radius 2 is 1.96 bits per heavy atom. The molecule has 0 atom stereocenters. The molecule has 0 bridgehead atoms. The first-order chi connectivity index (χ1) is 13.0. The molecule has 0 unspecified atom stereocenters. The number of H-pyrrole nitrogens is 1. The number of likely N-dealkylation sites (tertiary alicyclic amines) is 1. The number of rotatable bonds is 8. The molecule has 0 spiro atoms. The maximum absolute atomic E-state index is 12.0. The van der Waals surface area contributed by atoms with Crippen LogP contribution >= 0.6 is 23.2 Å². The molecule has 0 saturated carbocycles. The second-order valence-electron chi connectivity index (χ2n) is 6.66. The number of ketones is 1. The molecule has 0 aliphatic carbocycles. The molecule has 2 heterocycles. The number of hydrogen-bond acceptors (Lipinski definition) is 5. The Bertz CT molecular complexity index is 772. The highest BCUT2D eigenvalue weighted by atomic mass is 35.5. The average Bonchev–Trinajstić information content (AvgIpc) is 3.08. The second-order valence-corrected chi connectivity index (χ2v) is 7.53. The van der Waals surface area contributed by atoms with Gasteiger partial charge in [-0.25, -0.2) is 4.79 Å². The van der Waals surface area contributed by atoms with Gasteiger partial charge in [0.15, 0.2) is 0 Å². The first-order valence-corrected chi connectivity index (χ1v) is 9.48. The number of amides is 1. The predicted octanol–water partition coefficient (Wildman–Crippen LogP) is 3.66. The van der Waals surface area contributed by atoms with E-state index in [1.807, 2.05) is 0 Å². The molecule has 1 N–H and O–H groups in total. The van der Waals surface area contributed by atoms with E-state index in [4.69, 9.17) is 27.9 Å². The van der Waals surface area contributed by atoms with Gasteiger partial charge in [0.2, 0.25) is 0 Å². The van der Waals surface area contributed by atoms with E-state index in [0.29, 0.717) is 36.0 Å².